The minimum Gasteiger partial charge on any atom is -0.327 e. The second kappa shape index (κ2) is 7.92. The van der Waals surface area contributed by atoms with Crippen LogP contribution in [0, 0.1) is 11.8 Å². The number of rotatable bonds is 5. The van der Waals surface area contributed by atoms with Crippen molar-refractivity contribution in [3.8, 4) is 11.8 Å². The zero-order chi connectivity index (χ0) is 12.5. The van der Waals surface area contributed by atoms with Crippen molar-refractivity contribution in [1.82, 2.24) is 0 Å². The van der Waals surface area contributed by atoms with Gasteiger partial charge in [-0.05, 0) is 37.0 Å². The van der Waals surface area contributed by atoms with Crippen molar-refractivity contribution in [2.45, 2.75) is 52.0 Å². The molecule has 1 rings (SSSR count). The normalized spacial score (nSPS) is 11.7. The van der Waals surface area contributed by atoms with Crippen LogP contribution in [0.25, 0.3) is 0 Å². The van der Waals surface area contributed by atoms with Gasteiger partial charge < -0.3 is 5.73 Å². The molecule has 0 aliphatic rings. The number of unbranched alkanes of at least 4 members (excludes halogenated alkanes) is 2. The van der Waals surface area contributed by atoms with Crippen molar-refractivity contribution in [3.05, 3.63) is 35.4 Å². The lowest BCUT2D eigenvalue weighted by atomic mass is 10.0. The lowest BCUT2D eigenvalue weighted by molar-refractivity contribution is 0.646. The van der Waals surface area contributed by atoms with Gasteiger partial charge in [0.25, 0.3) is 0 Å². The first-order valence-corrected chi connectivity index (χ1v) is 6.59. The molecule has 0 spiro atoms. The van der Waals surface area contributed by atoms with Crippen LogP contribution < -0.4 is 5.73 Å². The molecule has 0 saturated carbocycles. The van der Waals surface area contributed by atoms with Crippen molar-refractivity contribution < 1.29 is 0 Å². The van der Waals surface area contributed by atoms with E-state index in [9.17, 15) is 0 Å². The Hall–Kier alpha value is -1.26. The summed E-state index contributed by atoms with van der Waals surface area (Å²) in [6.45, 7) is 4.31. The lowest BCUT2D eigenvalue weighted by Crippen LogP contribution is -2.21. The quantitative estimate of drug-likeness (QED) is 0.607. The molecule has 0 amide bonds. The standard InChI is InChI=1S/C16H23N/c1-3-5-6-7-8-14-9-11-15(12-10-14)13-16(17)4-2/h9-12,16H,3-6,13,17H2,1-2H3. The molecule has 0 aliphatic carbocycles. The third kappa shape index (κ3) is 5.56. The topological polar surface area (TPSA) is 26.0 Å². The fourth-order valence-corrected chi connectivity index (χ4v) is 1.60. The first-order chi connectivity index (χ1) is 8.26. The fraction of sp³-hybridized carbons (Fsp3) is 0.500. The van der Waals surface area contributed by atoms with Gasteiger partial charge in [0.1, 0.15) is 0 Å². The van der Waals surface area contributed by atoms with Crippen LogP contribution in [0.5, 0.6) is 0 Å². The van der Waals surface area contributed by atoms with Crippen LogP contribution in [-0.2, 0) is 6.42 Å². The van der Waals surface area contributed by atoms with E-state index in [0.717, 1.165) is 24.8 Å². The maximum atomic E-state index is 5.93. The highest BCUT2D eigenvalue weighted by Crippen LogP contribution is 2.07. The summed E-state index contributed by atoms with van der Waals surface area (Å²) in [6.07, 6.45) is 5.39. The lowest BCUT2D eigenvalue weighted by Gasteiger charge is -2.08. The average molecular weight is 229 g/mol. The molecule has 2 N–H and O–H groups in total. The summed E-state index contributed by atoms with van der Waals surface area (Å²) in [5, 5.41) is 0. The number of hydrogen-bond donors (Lipinski definition) is 1. The van der Waals surface area contributed by atoms with Crippen molar-refractivity contribution in [3.63, 3.8) is 0 Å². The van der Waals surface area contributed by atoms with Gasteiger partial charge in [0.05, 0.1) is 0 Å². The molecule has 1 nitrogen and oxygen atoms in total. The molecule has 1 unspecified atom stereocenters. The first-order valence-electron chi connectivity index (χ1n) is 6.59. The number of benzene rings is 1. The van der Waals surface area contributed by atoms with E-state index in [-0.39, 0.29) is 6.04 Å². The molecule has 1 aromatic rings. The summed E-state index contributed by atoms with van der Waals surface area (Å²) in [6, 6.07) is 8.74. The minimum absolute atomic E-state index is 0.275. The maximum Gasteiger partial charge on any atom is 0.0245 e. The van der Waals surface area contributed by atoms with Gasteiger partial charge in [0, 0.05) is 18.0 Å². The summed E-state index contributed by atoms with van der Waals surface area (Å²) in [7, 11) is 0. The van der Waals surface area contributed by atoms with Gasteiger partial charge in [-0.15, -0.1) is 0 Å². The van der Waals surface area contributed by atoms with Crippen LogP contribution in [0.15, 0.2) is 24.3 Å². The Morgan fingerprint density at radius 1 is 1.18 bits per heavy atom. The SMILES string of the molecule is CCCCC#Cc1ccc(CC(N)CC)cc1. The summed E-state index contributed by atoms with van der Waals surface area (Å²) in [5.74, 6) is 6.39. The van der Waals surface area contributed by atoms with E-state index < -0.39 is 0 Å². The van der Waals surface area contributed by atoms with Crippen LogP contribution in [0.4, 0.5) is 0 Å². The van der Waals surface area contributed by atoms with E-state index in [2.05, 4.69) is 50.0 Å². The van der Waals surface area contributed by atoms with Crippen molar-refractivity contribution >= 4 is 0 Å². The summed E-state index contributed by atoms with van der Waals surface area (Å²) in [4.78, 5) is 0. The van der Waals surface area contributed by atoms with Gasteiger partial charge in [-0.3, -0.25) is 0 Å². The molecule has 1 atom stereocenters. The van der Waals surface area contributed by atoms with Gasteiger partial charge in [0.15, 0.2) is 0 Å². The van der Waals surface area contributed by atoms with Gasteiger partial charge in [-0.1, -0.05) is 44.2 Å². The van der Waals surface area contributed by atoms with Crippen LogP contribution in [0.3, 0.4) is 0 Å². The third-order valence-corrected chi connectivity index (χ3v) is 2.86. The fourth-order valence-electron chi connectivity index (χ4n) is 1.60. The highest BCUT2D eigenvalue weighted by Gasteiger charge is 2.00. The predicted octanol–water partition coefficient (Wildman–Crippen LogP) is 3.51. The molecule has 0 aromatic heterocycles. The Bertz CT molecular complexity index is 367. The highest BCUT2D eigenvalue weighted by atomic mass is 14.6. The molecule has 0 bridgehead atoms. The monoisotopic (exact) mass is 229 g/mol. The van der Waals surface area contributed by atoms with E-state index in [1.807, 2.05) is 0 Å². The second-order valence-electron chi connectivity index (χ2n) is 4.47. The van der Waals surface area contributed by atoms with Crippen LogP contribution >= 0.6 is 0 Å². The molecule has 0 fully saturated rings. The number of hydrogen-bond acceptors (Lipinski definition) is 1. The molecular formula is C16H23N. The van der Waals surface area contributed by atoms with Gasteiger partial charge in [0.2, 0.25) is 0 Å². The predicted molar refractivity (Wildman–Crippen MR) is 74.8 cm³/mol. The molecule has 92 valence electrons. The largest absolute Gasteiger partial charge is 0.327 e. The second-order valence-corrected chi connectivity index (χ2v) is 4.47. The zero-order valence-corrected chi connectivity index (χ0v) is 11.0. The molecule has 0 saturated heterocycles. The van der Waals surface area contributed by atoms with Crippen LogP contribution in [0.1, 0.15) is 50.7 Å². The molecule has 17 heavy (non-hydrogen) atoms. The molecule has 1 heteroatoms. The van der Waals surface area contributed by atoms with Gasteiger partial charge >= 0.3 is 0 Å². The van der Waals surface area contributed by atoms with E-state index in [1.165, 1.54) is 18.4 Å². The van der Waals surface area contributed by atoms with Crippen molar-refractivity contribution in [2.75, 3.05) is 0 Å². The third-order valence-electron chi connectivity index (χ3n) is 2.86. The summed E-state index contributed by atoms with van der Waals surface area (Å²) in [5.41, 5.74) is 8.34. The smallest absolute Gasteiger partial charge is 0.0245 e. The van der Waals surface area contributed by atoms with E-state index >= 15 is 0 Å². The van der Waals surface area contributed by atoms with Gasteiger partial charge in [-0.25, -0.2) is 0 Å². The zero-order valence-electron chi connectivity index (χ0n) is 11.0. The average Bonchev–Trinajstić information content (AvgIpc) is 2.36. The Balaban J connectivity index is 2.51. The molecular weight excluding hydrogens is 206 g/mol. The van der Waals surface area contributed by atoms with Gasteiger partial charge in [-0.2, -0.15) is 0 Å². The molecule has 1 aromatic carbocycles. The van der Waals surface area contributed by atoms with Crippen molar-refractivity contribution in [2.24, 2.45) is 5.73 Å². The van der Waals surface area contributed by atoms with Crippen LogP contribution in [0.2, 0.25) is 0 Å². The highest BCUT2D eigenvalue weighted by molar-refractivity contribution is 5.36. The Kier molecular flexibility index (Phi) is 6.43. The Morgan fingerprint density at radius 2 is 1.88 bits per heavy atom. The van der Waals surface area contributed by atoms with Crippen molar-refractivity contribution in [1.29, 1.82) is 0 Å². The van der Waals surface area contributed by atoms with E-state index in [1.54, 1.807) is 0 Å². The van der Waals surface area contributed by atoms with Crippen LogP contribution in [-0.4, -0.2) is 6.04 Å². The first kappa shape index (κ1) is 13.8. The Labute approximate surface area is 105 Å². The summed E-state index contributed by atoms with van der Waals surface area (Å²) < 4.78 is 0. The minimum atomic E-state index is 0.275. The molecule has 0 radical (unpaired) electrons. The number of nitrogens with two attached hydrogens (primary N) is 1. The molecule has 0 heterocycles. The van der Waals surface area contributed by atoms with E-state index in [4.69, 9.17) is 5.73 Å². The van der Waals surface area contributed by atoms with E-state index in [0.29, 0.717) is 0 Å². The maximum absolute atomic E-state index is 5.93. The molecule has 0 aliphatic heterocycles. The Morgan fingerprint density at radius 3 is 2.47 bits per heavy atom. The summed E-state index contributed by atoms with van der Waals surface area (Å²) >= 11 is 0.